The zero-order chi connectivity index (χ0) is 23.7. The molecule has 3 aromatic carbocycles. The molecular weight excluding hydrogens is 426 g/mol. The van der Waals surface area contributed by atoms with Crippen molar-refractivity contribution in [2.45, 2.75) is 37.6 Å². The SMILES string of the molecule is COc1cccc(C(=O)c2ccc(C3=N[C@@H]4CCCC[C@@H]4c4cc(OC)c(OC)cc43)cc2)c1. The van der Waals surface area contributed by atoms with E-state index in [9.17, 15) is 4.79 Å². The molecule has 34 heavy (non-hydrogen) atoms. The molecule has 5 heteroatoms. The number of ether oxygens (including phenoxy) is 3. The number of rotatable bonds is 6. The van der Waals surface area contributed by atoms with Gasteiger partial charge in [0.15, 0.2) is 17.3 Å². The molecule has 0 N–H and O–H groups in total. The molecule has 0 bridgehead atoms. The molecule has 0 unspecified atom stereocenters. The van der Waals surface area contributed by atoms with Crippen LogP contribution in [0.15, 0.2) is 65.7 Å². The minimum atomic E-state index is -0.0322. The van der Waals surface area contributed by atoms with Crippen LogP contribution in [0.5, 0.6) is 17.2 Å². The first-order chi connectivity index (χ1) is 16.6. The van der Waals surface area contributed by atoms with E-state index >= 15 is 0 Å². The smallest absolute Gasteiger partial charge is 0.193 e. The van der Waals surface area contributed by atoms with E-state index in [-0.39, 0.29) is 11.8 Å². The third kappa shape index (κ3) is 3.96. The number of carbonyl (C=O) groups is 1. The Hall–Kier alpha value is -3.60. The van der Waals surface area contributed by atoms with Gasteiger partial charge >= 0.3 is 0 Å². The van der Waals surface area contributed by atoms with Gasteiger partial charge in [0.05, 0.1) is 33.1 Å². The van der Waals surface area contributed by atoms with E-state index in [4.69, 9.17) is 19.2 Å². The molecule has 1 heterocycles. The van der Waals surface area contributed by atoms with Crippen LogP contribution in [0.3, 0.4) is 0 Å². The van der Waals surface area contributed by atoms with Gasteiger partial charge in [0.2, 0.25) is 0 Å². The lowest BCUT2D eigenvalue weighted by atomic mass is 9.75. The number of methoxy groups -OCH3 is 3. The van der Waals surface area contributed by atoms with Crippen molar-refractivity contribution in [1.29, 1.82) is 0 Å². The molecule has 174 valence electrons. The number of hydrogen-bond acceptors (Lipinski definition) is 5. The monoisotopic (exact) mass is 455 g/mol. The van der Waals surface area contributed by atoms with Crippen LogP contribution < -0.4 is 14.2 Å². The summed E-state index contributed by atoms with van der Waals surface area (Å²) >= 11 is 0. The molecule has 1 aliphatic carbocycles. The first-order valence-corrected chi connectivity index (χ1v) is 11.8. The maximum absolute atomic E-state index is 13.0. The molecule has 0 amide bonds. The van der Waals surface area contributed by atoms with Crippen molar-refractivity contribution in [2.75, 3.05) is 21.3 Å². The standard InChI is InChI=1S/C29H29NO4/c1-32-21-8-6-7-20(15-21)29(31)19-13-11-18(12-14-19)28-24-17-27(34-3)26(33-2)16-23(24)22-9-4-5-10-25(22)30-28/h6-8,11-17,22,25H,4-5,9-10H2,1-3H3/t22-,25-/m1/s1. The summed E-state index contributed by atoms with van der Waals surface area (Å²) in [7, 11) is 4.94. The van der Waals surface area contributed by atoms with Gasteiger partial charge in [-0.15, -0.1) is 0 Å². The van der Waals surface area contributed by atoms with Crippen LogP contribution >= 0.6 is 0 Å². The van der Waals surface area contributed by atoms with Crippen LogP contribution in [-0.2, 0) is 0 Å². The Morgan fingerprint density at radius 2 is 1.56 bits per heavy atom. The van der Waals surface area contributed by atoms with Gasteiger partial charge in [-0.3, -0.25) is 9.79 Å². The Labute approximate surface area is 200 Å². The molecule has 3 aromatic rings. The summed E-state index contributed by atoms with van der Waals surface area (Å²) in [5, 5.41) is 0. The van der Waals surface area contributed by atoms with Crippen molar-refractivity contribution in [2.24, 2.45) is 4.99 Å². The minimum Gasteiger partial charge on any atom is -0.497 e. The van der Waals surface area contributed by atoms with E-state index in [0.29, 0.717) is 28.5 Å². The van der Waals surface area contributed by atoms with Crippen LogP contribution in [0.1, 0.15) is 64.2 Å². The summed E-state index contributed by atoms with van der Waals surface area (Å²) in [6.07, 6.45) is 4.65. The van der Waals surface area contributed by atoms with E-state index in [2.05, 4.69) is 6.07 Å². The molecule has 1 saturated carbocycles. The fourth-order valence-electron chi connectivity index (χ4n) is 5.21. The Balaban J connectivity index is 1.53. The lowest BCUT2D eigenvalue weighted by molar-refractivity contribution is 0.103. The Bertz CT molecular complexity index is 1250. The molecule has 1 fully saturated rings. The molecule has 2 aliphatic rings. The number of hydrogen-bond donors (Lipinski definition) is 0. The van der Waals surface area contributed by atoms with Gasteiger partial charge in [-0.1, -0.05) is 49.2 Å². The highest BCUT2D eigenvalue weighted by Gasteiger charge is 2.34. The predicted octanol–water partition coefficient (Wildman–Crippen LogP) is 5.82. The zero-order valence-electron chi connectivity index (χ0n) is 19.8. The fraction of sp³-hybridized carbons (Fsp3) is 0.310. The highest BCUT2D eigenvalue weighted by atomic mass is 16.5. The van der Waals surface area contributed by atoms with Crippen molar-refractivity contribution in [3.8, 4) is 17.2 Å². The van der Waals surface area contributed by atoms with Crippen LogP contribution in [0.4, 0.5) is 0 Å². The number of aliphatic imine (C=N–C) groups is 1. The lowest BCUT2D eigenvalue weighted by Gasteiger charge is -2.35. The van der Waals surface area contributed by atoms with Crippen molar-refractivity contribution in [1.82, 2.24) is 0 Å². The van der Waals surface area contributed by atoms with E-state index in [1.807, 2.05) is 48.5 Å². The number of ketones is 1. The number of fused-ring (bicyclic) bond motifs is 3. The zero-order valence-corrected chi connectivity index (χ0v) is 19.8. The number of benzene rings is 3. The third-order valence-corrected chi connectivity index (χ3v) is 6.99. The number of carbonyl (C=O) groups excluding carboxylic acids is 1. The van der Waals surface area contributed by atoms with Crippen LogP contribution in [0, 0.1) is 0 Å². The van der Waals surface area contributed by atoms with Gasteiger partial charge in [-0.05, 0) is 42.7 Å². The average molecular weight is 456 g/mol. The Morgan fingerprint density at radius 1 is 0.824 bits per heavy atom. The quantitative estimate of drug-likeness (QED) is 0.440. The van der Waals surface area contributed by atoms with Gasteiger partial charge in [0, 0.05) is 28.2 Å². The number of nitrogens with zero attached hydrogens (tertiary/aromatic N) is 1. The minimum absolute atomic E-state index is 0.0322. The van der Waals surface area contributed by atoms with Gasteiger partial charge < -0.3 is 14.2 Å². The summed E-state index contributed by atoms with van der Waals surface area (Å²) in [4.78, 5) is 18.2. The second-order valence-electron chi connectivity index (χ2n) is 8.87. The van der Waals surface area contributed by atoms with Gasteiger partial charge in [-0.25, -0.2) is 0 Å². The second-order valence-corrected chi connectivity index (χ2v) is 8.87. The van der Waals surface area contributed by atoms with E-state index in [1.54, 1.807) is 27.4 Å². The largest absolute Gasteiger partial charge is 0.497 e. The van der Waals surface area contributed by atoms with Crippen molar-refractivity contribution >= 4 is 11.5 Å². The van der Waals surface area contributed by atoms with Crippen LogP contribution in [0.25, 0.3) is 0 Å². The van der Waals surface area contributed by atoms with Gasteiger partial charge in [0.1, 0.15) is 5.75 Å². The van der Waals surface area contributed by atoms with E-state index < -0.39 is 0 Å². The molecule has 5 rings (SSSR count). The first kappa shape index (κ1) is 22.2. The maximum Gasteiger partial charge on any atom is 0.193 e. The average Bonchev–Trinajstić information content (AvgIpc) is 2.91. The van der Waals surface area contributed by atoms with Crippen molar-refractivity contribution in [3.05, 3.63) is 88.5 Å². The van der Waals surface area contributed by atoms with Gasteiger partial charge in [-0.2, -0.15) is 0 Å². The van der Waals surface area contributed by atoms with Crippen LogP contribution in [-0.4, -0.2) is 38.9 Å². The normalized spacial score (nSPS) is 18.9. The molecule has 0 radical (unpaired) electrons. The molecule has 0 spiro atoms. The summed E-state index contributed by atoms with van der Waals surface area (Å²) in [6, 6.07) is 19.4. The lowest BCUT2D eigenvalue weighted by Crippen LogP contribution is -2.29. The molecule has 0 saturated heterocycles. The Morgan fingerprint density at radius 3 is 2.29 bits per heavy atom. The molecule has 0 aromatic heterocycles. The topological polar surface area (TPSA) is 57.1 Å². The predicted molar refractivity (Wildman–Crippen MR) is 133 cm³/mol. The van der Waals surface area contributed by atoms with Crippen LogP contribution in [0.2, 0.25) is 0 Å². The third-order valence-electron chi connectivity index (χ3n) is 6.99. The molecule has 5 nitrogen and oxygen atoms in total. The highest BCUT2D eigenvalue weighted by molar-refractivity contribution is 6.16. The maximum atomic E-state index is 13.0. The van der Waals surface area contributed by atoms with Gasteiger partial charge in [0.25, 0.3) is 0 Å². The Kier molecular flexibility index (Phi) is 6.10. The second kappa shape index (κ2) is 9.34. The molecular formula is C29H29NO4. The fourth-order valence-corrected chi connectivity index (χ4v) is 5.21. The van der Waals surface area contributed by atoms with E-state index in [0.717, 1.165) is 35.4 Å². The summed E-state index contributed by atoms with van der Waals surface area (Å²) in [6.45, 7) is 0. The molecule has 2 atom stereocenters. The summed E-state index contributed by atoms with van der Waals surface area (Å²) in [5.41, 5.74) is 5.57. The summed E-state index contributed by atoms with van der Waals surface area (Å²) < 4.78 is 16.5. The van der Waals surface area contributed by atoms with Crippen molar-refractivity contribution in [3.63, 3.8) is 0 Å². The highest BCUT2D eigenvalue weighted by Crippen LogP contribution is 2.44. The first-order valence-electron chi connectivity index (χ1n) is 11.8. The molecule has 1 aliphatic heterocycles. The van der Waals surface area contributed by atoms with Crippen molar-refractivity contribution < 1.29 is 19.0 Å². The van der Waals surface area contributed by atoms with E-state index in [1.165, 1.54) is 18.4 Å². The summed E-state index contributed by atoms with van der Waals surface area (Å²) in [5.74, 6) is 2.50.